The maximum Gasteiger partial charge on any atom is 0.304 e. The summed E-state index contributed by atoms with van der Waals surface area (Å²) in [7, 11) is 1.60. The molecule has 0 fully saturated rings. The second-order valence-electron chi connectivity index (χ2n) is 3.78. The second kappa shape index (κ2) is 7.87. The van der Waals surface area contributed by atoms with E-state index < -0.39 is 5.97 Å². The molecule has 0 aromatic heterocycles. The van der Waals surface area contributed by atoms with Gasteiger partial charge in [-0.2, -0.15) is 11.8 Å². The minimum Gasteiger partial charge on any atom is -0.493 e. The quantitative estimate of drug-likeness (QED) is 0.736. The third kappa shape index (κ3) is 5.31. The third-order valence-corrected chi connectivity index (χ3v) is 3.41. The maximum absolute atomic E-state index is 10.5. The minimum absolute atomic E-state index is 0.101. The minimum atomic E-state index is -0.763. The first-order valence-electron chi connectivity index (χ1n) is 5.72. The molecule has 4 nitrogen and oxygen atoms in total. The first-order valence-corrected chi connectivity index (χ1v) is 6.77. The lowest BCUT2D eigenvalue weighted by atomic mass is 10.3. The number of ether oxygens (including phenoxy) is 2. The summed E-state index contributed by atoms with van der Waals surface area (Å²) in [5.74, 6) is 1.42. The predicted molar refractivity (Wildman–Crippen MR) is 72.7 cm³/mol. The highest BCUT2D eigenvalue weighted by Crippen LogP contribution is 2.26. The number of rotatable bonds is 8. The molecule has 0 aliphatic carbocycles. The lowest BCUT2D eigenvalue weighted by Crippen LogP contribution is -2.09. The molecule has 100 valence electrons. The fourth-order valence-electron chi connectivity index (χ4n) is 1.44. The molecule has 0 bridgehead atoms. The number of methoxy groups -OCH3 is 1. The van der Waals surface area contributed by atoms with Gasteiger partial charge >= 0.3 is 5.97 Å². The molecule has 0 amide bonds. The first kappa shape index (κ1) is 14.7. The third-order valence-electron chi connectivity index (χ3n) is 2.27. The summed E-state index contributed by atoms with van der Waals surface area (Å²) in [4.78, 5) is 10.5. The highest BCUT2D eigenvalue weighted by atomic mass is 32.2. The molecule has 0 heterocycles. The van der Waals surface area contributed by atoms with Crippen molar-refractivity contribution >= 4 is 17.7 Å². The molecule has 1 unspecified atom stereocenters. The summed E-state index contributed by atoms with van der Waals surface area (Å²) in [5.41, 5.74) is 0. The van der Waals surface area contributed by atoms with Gasteiger partial charge in [0.15, 0.2) is 11.5 Å². The molecule has 0 radical (unpaired) electrons. The van der Waals surface area contributed by atoms with Crippen LogP contribution in [0.2, 0.25) is 0 Å². The highest BCUT2D eigenvalue weighted by Gasteiger charge is 2.08. The van der Waals surface area contributed by atoms with E-state index in [1.54, 1.807) is 18.9 Å². The summed E-state index contributed by atoms with van der Waals surface area (Å²) in [6, 6.07) is 7.47. The number of hydrogen-bond donors (Lipinski definition) is 1. The first-order chi connectivity index (χ1) is 8.63. The Morgan fingerprint density at radius 2 is 2.06 bits per heavy atom. The zero-order chi connectivity index (χ0) is 13.4. The second-order valence-corrected chi connectivity index (χ2v) is 5.32. The number of aliphatic carboxylic acids is 1. The predicted octanol–water partition coefficient (Wildman–Crippen LogP) is 2.67. The fourth-order valence-corrected chi connectivity index (χ4v) is 2.29. The van der Waals surface area contributed by atoms with Gasteiger partial charge in [-0.3, -0.25) is 4.79 Å². The maximum atomic E-state index is 10.5. The Hall–Kier alpha value is -1.36. The molecule has 0 aliphatic rings. The van der Waals surface area contributed by atoms with E-state index in [0.717, 1.165) is 5.75 Å². The van der Waals surface area contributed by atoms with E-state index in [2.05, 4.69) is 0 Å². The monoisotopic (exact) mass is 270 g/mol. The standard InChI is InChI=1S/C13H18O4S/c1-10(9-13(14)15)18-8-7-17-12-6-4-3-5-11(12)16-2/h3-6,10H,7-9H2,1-2H3,(H,14,15). The Morgan fingerprint density at radius 1 is 1.39 bits per heavy atom. The van der Waals surface area contributed by atoms with E-state index in [0.29, 0.717) is 18.1 Å². The number of carboxylic acids is 1. The molecule has 18 heavy (non-hydrogen) atoms. The normalized spacial score (nSPS) is 11.9. The van der Waals surface area contributed by atoms with Gasteiger partial charge in [-0.25, -0.2) is 0 Å². The molecule has 0 aliphatic heterocycles. The van der Waals surface area contributed by atoms with Crippen molar-refractivity contribution in [2.75, 3.05) is 19.5 Å². The molecule has 5 heteroatoms. The molecule has 1 N–H and O–H groups in total. The summed E-state index contributed by atoms with van der Waals surface area (Å²) in [5, 5.41) is 8.73. The Balaban J connectivity index is 2.27. The highest BCUT2D eigenvalue weighted by molar-refractivity contribution is 7.99. The van der Waals surface area contributed by atoms with Gasteiger partial charge in [-0.1, -0.05) is 19.1 Å². The number of thioether (sulfide) groups is 1. The van der Waals surface area contributed by atoms with Gasteiger partial charge in [0, 0.05) is 11.0 Å². The van der Waals surface area contributed by atoms with Gasteiger partial charge in [-0.05, 0) is 12.1 Å². The van der Waals surface area contributed by atoms with Crippen LogP contribution in [0.3, 0.4) is 0 Å². The smallest absolute Gasteiger partial charge is 0.304 e. The van der Waals surface area contributed by atoms with Crippen LogP contribution in [-0.2, 0) is 4.79 Å². The van der Waals surface area contributed by atoms with E-state index in [-0.39, 0.29) is 11.7 Å². The molecule has 1 aromatic rings. The lowest BCUT2D eigenvalue weighted by Gasteiger charge is -2.11. The van der Waals surface area contributed by atoms with Crippen LogP contribution in [0.4, 0.5) is 0 Å². The van der Waals surface area contributed by atoms with Gasteiger partial charge in [0.2, 0.25) is 0 Å². The number of carbonyl (C=O) groups is 1. The van der Waals surface area contributed by atoms with E-state index in [4.69, 9.17) is 14.6 Å². The number of benzene rings is 1. The van der Waals surface area contributed by atoms with Crippen molar-refractivity contribution in [2.45, 2.75) is 18.6 Å². The van der Waals surface area contributed by atoms with Crippen LogP contribution < -0.4 is 9.47 Å². The van der Waals surface area contributed by atoms with Crippen LogP contribution in [-0.4, -0.2) is 35.8 Å². The van der Waals surface area contributed by atoms with Gasteiger partial charge in [-0.15, -0.1) is 0 Å². The fraction of sp³-hybridized carbons (Fsp3) is 0.462. The van der Waals surface area contributed by atoms with Crippen LogP contribution in [0.1, 0.15) is 13.3 Å². The van der Waals surface area contributed by atoms with Gasteiger partial charge in [0.1, 0.15) is 0 Å². The van der Waals surface area contributed by atoms with Crippen molar-refractivity contribution in [3.8, 4) is 11.5 Å². The Morgan fingerprint density at radius 3 is 2.67 bits per heavy atom. The lowest BCUT2D eigenvalue weighted by molar-refractivity contribution is -0.136. The SMILES string of the molecule is COc1ccccc1OCCSC(C)CC(=O)O. The van der Waals surface area contributed by atoms with E-state index in [1.165, 1.54) is 0 Å². The number of hydrogen-bond acceptors (Lipinski definition) is 4. The summed E-state index contributed by atoms with van der Waals surface area (Å²) >= 11 is 1.59. The van der Waals surface area contributed by atoms with Crippen LogP contribution in [0, 0.1) is 0 Å². The Kier molecular flexibility index (Phi) is 6.43. The molecule has 1 rings (SSSR count). The molecule has 0 saturated heterocycles. The summed E-state index contributed by atoms with van der Waals surface area (Å²) < 4.78 is 10.8. The van der Waals surface area contributed by atoms with Crippen molar-refractivity contribution in [3.05, 3.63) is 24.3 Å². The number of para-hydroxylation sites is 2. The van der Waals surface area contributed by atoms with E-state index in [1.807, 2.05) is 31.2 Å². The van der Waals surface area contributed by atoms with Crippen LogP contribution in [0.15, 0.2) is 24.3 Å². The molecular formula is C13H18O4S. The van der Waals surface area contributed by atoms with Gasteiger partial charge in [0.25, 0.3) is 0 Å². The van der Waals surface area contributed by atoms with Crippen LogP contribution in [0.25, 0.3) is 0 Å². The molecular weight excluding hydrogens is 252 g/mol. The topological polar surface area (TPSA) is 55.8 Å². The average molecular weight is 270 g/mol. The Labute approximate surface area is 111 Å². The zero-order valence-corrected chi connectivity index (χ0v) is 11.4. The van der Waals surface area contributed by atoms with Crippen LogP contribution >= 0.6 is 11.8 Å². The van der Waals surface area contributed by atoms with Crippen LogP contribution in [0.5, 0.6) is 11.5 Å². The van der Waals surface area contributed by atoms with Crippen molar-refractivity contribution in [3.63, 3.8) is 0 Å². The van der Waals surface area contributed by atoms with Gasteiger partial charge in [0.05, 0.1) is 20.1 Å². The Bertz CT molecular complexity index is 381. The molecule has 0 spiro atoms. The largest absolute Gasteiger partial charge is 0.493 e. The average Bonchev–Trinajstić information content (AvgIpc) is 2.34. The molecule has 1 atom stereocenters. The summed E-state index contributed by atoms with van der Waals surface area (Å²) in [6.07, 6.45) is 0.180. The van der Waals surface area contributed by atoms with E-state index >= 15 is 0 Å². The zero-order valence-electron chi connectivity index (χ0n) is 10.6. The van der Waals surface area contributed by atoms with E-state index in [9.17, 15) is 4.79 Å². The molecule has 0 saturated carbocycles. The van der Waals surface area contributed by atoms with Gasteiger partial charge < -0.3 is 14.6 Å². The van der Waals surface area contributed by atoms with Crippen molar-refractivity contribution < 1.29 is 19.4 Å². The number of carboxylic acid groups (broad SMARTS) is 1. The molecule has 1 aromatic carbocycles. The van der Waals surface area contributed by atoms with Crippen molar-refractivity contribution in [2.24, 2.45) is 0 Å². The van der Waals surface area contributed by atoms with Crippen molar-refractivity contribution in [1.29, 1.82) is 0 Å². The summed E-state index contributed by atoms with van der Waals surface area (Å²) in [6.45, 7) is 2.44. The van der Waals surface area contributed by atoms with Crippen molar-refractivity contribution in [1.82, 2.24) is 0 Å².